The predicted octanol–water partition coefficient (Wildman–Crippen LogP) is 4.72. The van der Waals surface area contributed by atoms with Crippen LogP contribution in [0.1, 0.15) is 16.8 Å². The van der Waals surface area contributed by atoms with E-state index in [0.29, 0.717) is 11.3 Å². The highest BCUT2D eigenvalue weighted by atomic mass is 32.1. The van der Waals surface area contributed by atoms with Crippen LogP contribution in [-0.2, 0) is 4.79 Å². The van der Waals surface area contributed by atoms with Crippen LogP contribution in [0.4, 0.5) is 16.2 Å². The number of amides is 2. The lowest BCUT2D eigenvalue weighted by Gasteiger charge is -2.13. The van der Waals surface area contributed by atoms with Gasteiger partial charge in [-0.15, -0.1) is 0 Å². The molecule has 0 spiro atoms. The SMILES string of the molecule is O=C(O)Nc1ccc(-c2ccccc2)cc1NC(=O)CC(=O)c1ccsc1. The number of Topliss-reactive ketones (excluding diaryl/α,β-unsaturated/α-hetero) is 1. The largest absolute Gasteiger partial charge is 0.465 e. The molecule has 3 rings (SSSR count). The smallest absolute Gasteiger partial charge is 0.409 e. The third kappa shape index (κ3) is 4.80. The van der Waals surface area contributed by atoms with Gasteiger partial charge < -0.3 is 10.4 Å². The van der Waals surface area contributed by atoms with Crippen molar-refractivity contribution in [1.29, 1.82) is 0 Å². The van der Waals surface area contributed by atoms with Crippen molar-refractivity contribution >= 4 is 40.5 Å². The van der Waals surface area contributed by atoms with Crippen molar-refractivity contribution in [2.75, 3.05) is 10.6 Å². The van der Waals surface area contributed by atoms with Gasteiger partial charge in [-0.1, -0.05) is 36.4 Å². The van der Waals surface area contributed by atoms with Crippen LogP contribution in [0.3, 0.4) is 0 Å². The number of thiophene rings is 1. The highest BCUT2D eigenvalue weighted by Gasteiger charge is 2.15. The van der Waals surface area contributed by atoms with Gasteiger partial charge >= 0.3 is 6.09 Å². The van der Waals surface area contributed by atoms with E-state index in [2.05, 4.69) is 10.6 Å². The lowest BCUT2D eigenvalue weighted by atomic mass is 10.0. The summed E-state index contributed by atoms with van der Waals surface area (Å²) in [6.07, 6.45) is -1.56. The minimum absolute atomic E-state index is 0.235. The van der Waals surface area contributed by atoms with Crippen molar-refractivity contribution in [3.8, 4) is 11.1 Å². The zero-order valence-electron chi connectivity index (χ0n) is 14.1. The van der Waals surface area contributed by atoms with Crippen molar-refractivity contribution in [1.82, 2.24) is 0 Å². The molecule has 0 saturated carbocycles. The molecule has 0 fully saturated rings. The molecule has 0 unspecified atom stereocenters. The first-order valence-electron chi connectivity index (χ1n) is 8.07. The summed E-state index contributed by atoms with van der Waals surface area (Å²) < 4.78 is 0. The third-order valence-corrected chi connectivity index (χ3v) is 4.49. The lowest BCUT2D eigenvalue weighted by molar-refractivity contribution is -0.115. The Hall–Kier alpha value is -3.45. The number of ketones is 1. The molecule has 6 nitrogen and oxygen atoms in total. The normalized spacial score (nSPS) is 10.2. The minimum atomic E-state index is -1.24. The van der Waals surface area contributed by atoms with Gasteiger partial charge in [0.15, 0.2) is 5.78 Å². The molecule has 2 amide bonds. The minimum Gasteiger partial charge on any atom is -0.465 e. The number of benzene rings is 2. The molecule has 0 radical (unpaired) electrons. The van der Waals surface area contributed by atoms with Gasteiger partial charge in [0, 0.05) is 10.9 Å². The molecule has 0 saturated heterocycles. The Bertz CT molecular complexity index is 969. The summed E-state index contributed by atoms with van der Waals surface area (Å²) in [6.45, 7) is 0. The molecule has 0 aliphatic heterocycles. The van der Waals surface area contributed by atoms with E-state index in [9.17, 15) is 14.4 Å². The highest BCUT2D eigenvalue weighted by molar-refractivity contribution is 7.08. The standard InChI is InChI=1S/C20H16N2O4S/c23-18(15-8-9-27-12-15)11-19(24)21-17-10-14(13-4-2-1-3-5-13)6-7-16(17)22-20(25)26/h1-10,12,22H,11H2,(H,21,24)(H,25,26). The van der Waals surface area contributed by atoms with Crippen molar-refractivity contribution in [2.45, 2.75) is 6.42 Å². The number of rotatable bonds is 6. The molecule has 0 aliphatic rings. The van der Waals surface area contributed by atoms with Gasteiger partial charge in [0.1, 0.15) is 0 Å². The fourth-order valence-corrected chi connectivity index (χ4v) is 3.21. The van der Waals surface area contributed by atoms with Gasteiger partial charge in [-0.25, -0.2) is 4.79 Å². The number of carbonyl (C=O) groups excluding carboxylic acids is 2. The lowest BCUT2D eigenvalue weighted by Crippen LogP contribution is -2.18. The Kier molecular flexibility index (Phi) is 5.63. The number of hydrogen-bond acceptors (Lipinski definition) is 4. The molecule has 3 aromatic rings. The van der Waals surface area contributed by atoms with Crippen LogP contribution in [0.2, 0.25) is 0 Å². The summed E-state index contributed by atoms with van der Waals surface area (Å²) in [7, 11) is 0. The van der Waals surface area contributed by atoms with Gasteiger partial charge in [-0.3, -0.25) is 14.9 Å². The summed E-state index contributed by atoms with van der Waals surface area (Å²) in [6, 6.07) is 16.1. The van der Waals surface area contributed by atoms with E-state index >= 15 is 0 Å². The maximum atomic E-state index is 12.3. The summed E-state index contributed by atoms with van der Waals surface area (Å²) >= 11 is 1.38. The van der Waals surface area contributed by atoms with Crippen molar-refractivity contribution in [3.63, 3.8) is 0 Å². The van der Waals surface area contributed by atoms with Crippen LogP contribution in [-0.4, -0.2) is 22.9 Å². The van der Waals surface area contributed by atoms with E-state index in [0.717, 1.165) is 11.1 Å². The Balaban J connectivity index is 1.83. The Morgan fingerprint density at radius 3 is 2.33 bits per heavy atom. The summed E-state index contributed by atoms with van der Waals surface area (Å²) in [5, 5.41) is 17.3. The van der Waals surface area contributed by atoms with Crippen molar-refractivity contribution < 1.29 is 19.5 Å². The van der Waals surface area contributed by atoms with Crippen LogP contribution in [0, 0.1) is 0 Å². The third-order valence-electron chi connectivity index (χ3n) is 3.81. The average Bonchev–Trinajstić information content (AvgIpc) is 3.18. The molecule has 0 aliphatic carbocycles. The highest BCUT2D eigenvalue weighted by Crippen LogP contribution is 2.29. The maximum Gasteiger partial charge on any atom is 0.409 e. The average molecular weight is 380 g/mol. The van der Waals surface area contributed by atoms with Gasteiger partial charge in [-0.2, -0.15) is 11.3 Å². The number of carboxylic acid groups (broad SMARTS) is 1. The molecular formula is C20H16N2O4S. The molecule has 27 heavy (non-hydrogen) atoms. The predicted molar refractivity (Wildman–Crippen MR) is 105 cm³/mol. The van der Waals surface area contributed by atoms with E-state index in [1.54, 1.807) is 35.0 Å². The summed E-state index contributed by atoms with van der Waals surface area (Å²) in [4.78, 5) is 35.4. The first kappa shape index (κ1) is 18.3. The second-order valence-electron chi connectivity index (χ2n) is 5.72. The fraction of sp³-hybridized carbons (Fsp3) is 0.0500. The zero-order valence-corrected chi connectivity index (χ0v) is 15.0. The molecular weight excluding hydrogens is 364 g/mol. The summed E-state index contributed by atoms with van der Waals surface area (Å²) in [5.74, 6) is -0.800. The van der Waals surface area contributed by atoms with Crippen molar-refractivity contribution in [2.24, 2.45) is 0 Å². The van der Waals surface area contributed by atoms with Gasteiger partial charge in [0.2, 0.25) is 5.91 Å². The van der Waals surface area contributed by atoms with Gasteiger partial charge in [0.05, 0.1) is 17.8 Å². The van der Waals surface area contributed by atoms with Crippen LogP contribution < -0.4 is 10.6 Å². The van der Waals surface area contributed by atoms with E-state index in [4.69, 9.17) is 5.11 Å². The first-order valence-corrected chi connectivity index (χ1v) is 9.02. The van der Waals surface area contributed by atoms with Gasteiger partial charge in [-0.05, 0) is 34.7 Å². The zero-order chi connectivity index (χ0) is 19.2. The van der Waals surface area contributed by atoms with E-state index in [1.807, 2.05) is 30.3 Å². The van der Waals surface area contributed by atoms with Crippen LogP contribution in [0.15, 0.2) is 65.4 Å². The fourth-order valence-electron chi connectivity index (χ4n) is 2.55. The van der Waals surface area contributed by atoms with E-state index < -0.39 is 12.0 Å². The second kappa shape index (κ2) is 8.29. The summed E-state index contributed by atoms with van der Waals surface area (Å²) in [5.41, 5.74) is 2.74. The molecule has 0 atom stereocenters. The van der Waals surface area contributed by atoms with E-state index in [1.165, 1.54) is 11.3 Å². The Labute approximate surface area is 159 Å². The van der Waals surface area contributed by atoms with E-state index in [-0.39, 0.29) is 17.9 Å². The molecule has 0 bridgehead atoms. The number of anilines is 2. The molecule has 3 N–H and O–H groups in total. The maximum absolute atomic E-state index is 12.3. The topological polar surface area (TPSA) is 95.5 Å². The molecule has 1 aromatic heterocycles. The van der Waals surface area contributed by atoms with Crippen LogP contribution in [0.25, 0.3) is 11.1 Å². The number of hydrogen-bond donors (Lipinski definition) is 3. The number of carbonyl (C=O) groups is 3. The second-order valence-corrected chi connectivity index (χ2v) is 6.50. The molecule has 1 heterocycles. The monoisotopic (exact) mass is 380 g/mol. The Morgan fingerprint density at radius 2 is 1.67 bits per heavy atom. The number of nitrogens with one attached hydrogen (secondary N) is 2. The molecule has 7 heteroatoms. The Morgan fingerprint density at radius 1 is 0.889 bits per heavy atom. The van der Waals surface area contributed by atoms with Crippen LogP contribution >= 0.6 is 11.3 Å². The molecule has 2 aromatic carbocycles. The van der Waals surface area contributed by atoms with Crippen LogP contribution in [0.5, 0.6) is 0 Å². The first-order chi connectivity index (χ1) is 13.0. The van der Waals surface area contributed by atoms with Crippen molar-refractivity contribution in [3.05, 3.63) is 70.9 Å². The molecule has 136 valence electrons. The van der Waals surface area contributed by atoms with Gasteiger partial charge in [0.25, 0.3) is 0 Å². The quantitative estimate of drug-likeness (QED) is 0.426.